The van der Waals surface area contributed by atoms with Gasteiger partial charge >= 0.3 is 0 Å². The number of ether oxygens (including phenoxy) is 3. The number of hydrogen-bond acceptors (Lipinski definition) is 7. The summed E-state index contributed by atoms with van der Waals surface area (Å²) in [6, 6.07) is 27.9. The fraction of sp³-hybridized carbons (Fsp3) is 0.250. The topological polar surface area (TPSA) is 68.3 Å². The molecule has 4 aromatic rings. The number of carbonyl (C=O) groups is 2. The Morgan fingerprint density at radius 3 is 1.55 bits per heavy atom. The van der Waals surface area contributed by atoms with E-state index in [1.165, 1.54) is 26.1 Å². The molecule has 2 amide bonds. The van der Waals surface area contributed by atoms with Crippen LogP contribution in [0.25, 0.3) is 10.8 Å². The minimum absolute atomic E-state index is 0.201. The zero-order valence-corrected chi connectivity index (χ0v) is 22.9. The van der Waals surface area contributed by atoms with Crippen molar-refractivity contribution < 1.29 is 23.8 Å². The monoisotopic (exact) mass is 554 g/mol. The fourth-order valence-corrected chi connectivity index (χ4v) is 6.25. The molecule has 0 radical (unpaired) electrons. The summed E-state index contributed by atoms with van der Waals surface area (Å²) in [5.41, 5.74) is 3.53. The quantitative estimate of drug-likeness (QED) is 0.162. The molecule has 0 fully saturated rings. The van der Waals surface area contributed by atoms with E-state index in [0.717, 1.165) is 17.3 Å². The van der Waals surface area contributed by atoms with Gasteiger partial charge in [-0.2, -0.15) is 0 Å². The Hall–Kier alpha value is -3.69. The molecule has 40 heavy (non-hydrogen) atoms. The summed E-state index contributed by atoms with van der Waals surface area (Å²) in [4.78, 5) is 32.0. The molecule has 2 heterocycles. The maximum Gasteiger partial charge on any atom is 0.261 e. The van der Waals surface area contributed by atoms with E-state index in [2.05, 4.69) is 53.4 Å². The van der Waals surface area contributed by atoms with E-state index in [4.69, 9.17) is 14.2 Å². The van der Waals surface area contributed by atoms with Crippen molar-refractivity contribution in [2.75, 3.05) is 57.6 Å². The summed E-state index contributed by atoms with van der Waals surface area (Å²) in [5.74, 6) is -0.553. The largest absolute Gasteiger partial charge is 0.377 e. The summed E-state index contributed by atoms with van der Waals surface area (Å²) in [5, 5.41) is 1.63. The highest BCUT2D eigenvalue weighted by molar-refractivity contribution is 7.99. The standard InChI is InChI=1S/C32H30N2O5S/c35-31-24-9-5-7-23-8-6-10-25(30(23)24)32(36)34(31)16-18-38-20-22-39-21-19-37-17-15-33-26-11-1-3-13-28(26)40-29-14-4-2-12-27(29)33/h1-14H,15-22H2. The first kappa shape index (κ1) is 26.5. The molecule has 7 nitrogen and oxygen atoms in total. The van der Waals surface area contributed by atoms with Gasteiger partial charge in [-0.25, -0.2) is 0 Å². The van der Waals surface area contributed by atoms with Crippen molar-refractivity contribution in [3.8, 4) is 0 Å². The van der Waals surface area contributed by atoms with Gasteiger partial charge in [0.15, 0.2) is 0 Å². The van der Waals surface area contributed by atoms with Crippen LogP contribution in [0.1, 0.15) is 20.7 Å². The van der Waals surface area contributed by atoms with Crippen LogP contribution in [0.15, 0.2) is 94.7 Å². The van der Waals surface area contributed by atoms with Crippen LogP contribution in [0.5, 0.6) is 0 Å². The predicted molar refractivity (Wildman–Crippen MR) is 156 cm³/mol. The molecule has 204 valence electrons. The number of anilines is 2. The van der Waals surface area contributed by atoms with Crippen LogP contribution < -0.4 is 4.90 Å². The summed E-state index contributed by atoms with van der Waals surface area (Å²) in [6.07, 6.45) is 0. The molecule has 6 rings (SSSR count). The van der Waals surface area contributed by atoms with E-state index in [0.29, 0.717) is 44.2 Å². The molecular weight excluding hydrogens is 524 g/mol. The van der Waals surface area contributed by atoms with Gasteiger partial charge in [-0.05, 0) is 41.8 Å². The first-order valence-electron chi connectivity index (χ1n) is 13.5. The van der Waals surface area contributed by atoms with Gasteiger partial charge in [0.2, 0.25) is 0 Å². The molecule has 8 heteroatoms. The number of benzene rings is 4. The van der Waals surface area contributed by atoms with E-state index in [-0.39, 0.29) is 25.0 Å². The second-order valence-electron chi connectivity index (χ2n) is 9.50. The van der Waals surface area contributed by atoms with Gasteiger partial charge < -0.3 is 19.1 Å². The van der Waals surface area contributed by atoms with Gasteiger partial charge in [0.1, 0.15) is 0 Å². The SMILES string of the molecule is O=C1c2cccc3cccc(c23)C(=O)N1CCOCCOCCOCCN1c2ccccc2Sc2ccccc21. The van der Waals surface area contributed by atoms with Gasteiger partial charge in [-0.15, -0.1) is 0 Å². The highest BCUT2D eigenvalue weighted by Gasteiger charge is 2.32. The third-order valence-electron chi connectivity index (χ3n) is 7.05. The zero-order chi connectivity index (χ0) is 27.3. The molecule has 4 aromatic carbocycles. The normalized spacial score (nSPS) is 14.0. The summed E-state index contributed by atoms with van der Waals surface area (Å²) < 4.78 is 17.1. The maximum atomic E-state index is 12.9. The van der Waals surface area contributed by atoms with Gasteiger partial charge in [0.05, 0.1) is 57.6 Å². The van der Waals surface area contributed by atoms with Crippen LogP contribution in [0, 0.1) is 0 Å². The van der Waals surface area contributed by atoms with Gasteiger partial charge in [0.25, 0.3) is 11.8 Å². The van der Waals surface area contributed by atoms with E-state index in [1.807, 2.05) is 24.3 Å². The van der Waals surface area contributed by atoms with Crippen LogP contribution >= 0.6 is 11.8 Å². The lowest BCUT2D eigenvalue weighted by Gasteiger charge is -2.32. The van der Waals surface area contributed by atoms with E-state index in [1.54, 1.807) is 23.9 Å². The first-order chi connectivity index (χ1) is 19.7. The average molecular weight is 555 g/mol. The summed E-state index contributed by atoms with van der Waals surface area (Å²) in [6.45, 7) is 3.55. The summed E-state index contributed by atoms with van der Waals surface area (Å²) >= 11 is 1.80. The van der Waals surface area contributed by atoms with Crippen molar-refractivity contribution in [3.05, 3.63) is 96.1 Å². The number of hydrogen-bond donors (Lipinski definition) is 0. The minimum Gasteiger partial charge on any atom is -0.377 e. The van der Waals surface area contributed by atoms with E-state index in [9.17, 15) is 9.59 Å². The molecule has 0 aliphatic carbocycles. The number of amides is 2. The Kier molecular flexibility index (Phi) is 8.11. The average Bonchev–Trinajstić information content (AvgIpc) is 2.99. The molecule has 0 saturated carbocycles. The van der Waals surface area contributed by atoms with Crippen LogP contribution in [0.4, 0.5) is 11.4 Å². The molecule has 0 saturated heterocycles. The van der Waals surface area contributed by atoms with Gasteiger partial charge in [-0.1, -0.05) is 60.3 Å². The van der Waals surface area contributed by atoms with Crippen molar-refractivity contribution in [3.63, 3.8) is 0 Å². The Balaban J connectivity index is 0.882. The lowest BCUT2D eigenvalue weighted by molar-refractivity contribution is 0.0119. The Labute approximate surface area is 237 Å². The minimum atomic E-state index is -0.276. The molecule has 0 unspecified atom stereocenters. The van der Waals surface area contributed by atoms with Gasteiger partial charge in [0, 0.05) is 32.8 Å². The highest BCUT2D eigenvalue weighted by atomic mass is 32.2. The second kappa shape index (κ2) is 12.2. The number of carbonyl (C=O) groups excluding carboxylic acids is 2. The van der Waals surface area contributed by atoms with Crippen molar-refractivity contribution in [2.24, 2.45) is 0 Å². The van der Waals surface area contributed by atoms with Crippen molar-refractivity contribution in [1.82, 2.24) is 4.90 Å². The molecule has 2 aliphatic rings. The second-order valence-corrected chi connectivity index (χ2v) is 10.6. The predicted octanol–water partition coefficient (Wildman–Crippen LogP) is 5.79. The Morgan fingerprint density at radius 1 is 0.525 bits per heavy atom. The number of nitrogens with zero attached hydrogens (tertiary/aromatic N) is 2. The highest BCUT2D eigenvalue weighted by Crippen LogP contribution is 2.47. The first-order valence-corrected chi connectivity index (χ1v) is 14.3. The smallest absolute Gasteiger partial charge is 0.261 e. The van der Waals surface area contributed by atoms with Crippen LogP contribution in [0.3, 0.4) is 0 Å². The molecule has 0 aromatic heterocycles. The summed E-state index contributed by atoms with van der Waals surface area (Å²) in [7, 11) is 0. The number of fused-ring (bicyclic) bond motifs is 2. The third-order valence-corrected chi connectivity index (χ3v) is 8.18. The number of imide groups is 1. The molecule has 2 aliphatic heterocycles. The third kappa shape index (κ3) is 5.36. The molecule has 0 spiro atoms. The number of rotatable bonds is 12. The lowest BCUT2D eigenvalue weighted by Crippen LogP contribution is -2.42. The lowest BCUT2D eigenvalue weighted by atomic mass is 9.94. The Morgan fingerprint density at radius 2 is 1.00 bits per heavy atom. The van der Waals surface area contributed by atoms with Crippen LogP contribution in [0.2, 0.25) is 0 Å². The molecule has 0 bridgehead atoms. The number of para-hydroxylation sites is 2. The van der Waals surface area contributed by atoms with Crippen molar-refractivity contribution in [1.29, 1.82) is 0 Å². The fourth-order valence-electron chi connectivity index (χ4n) is 5.16. The molecule has 0 N–H and O–H groups in total. The molecular formula is C32H30N2O5S. The van der Waals surface area contributed by atoms with Crippen LogP contribution in [-0.2, 0) is 14.2 Å². The van der Waals surface area contributed by atoms with Crippen molar-refractivity contribution >= 4 is 45.7 Å². The van der Waals surface area contributed by atoms with E-state index >= 15 is 0 Å². The van der Waals surface area contributed by atoms with Gasteiger partial charge in [-0.3, -0.25) is 14.5 Å². The maximum absolute atomic E-state index is 12.9. The zero-order valence-electron chi connectivity index (χ0n) is 22.1. The van der Waals surface area contributed by atoms with Crippen molar-refractivity contribution in [2.45, 2.75) is 9.79 Å². The van der Waals surface area contributed by atoms with E-state index < -0.39 is 0 Å². The molecule has 0 atom stereocenters. The Bertz CT molecular complexity index is 1440. The van der Waals surface area contributed by atoms with Crippen LogP contribution in [-0.4, -0.2) is 69.4 Å².